The van der Waals surface area contributed by atoms with Crippen LogP contribution in [0.1, 0.15) is 38.4 Å². The van der Waals surface area contributed by atoms with Crippen molar-refractivity contribution in [2.24, 2.45) is 0 Å². The molecule has 2 aromatic rings. The van der Waals surface area contributed by atoms with Gasteiger partial charge in [-0.25, -0.2) is 0 Å². The van der Waals surface area contributed by atoms with E-state index in [0.717, 1.165) is 38.7 Å². The van der Waals surface area contributed by atoms with Gasteiger partial charge in [0.25, 0.3) is 0 Å². The highest BCUT2D eigenvalue weighted by atomic mass is 35.5. The third kappa shape index (κ3) is 4.55. The zero-order valence-corrected chi connectivity index (χ0v) is 17.0. The minimum absolute atomic E-state index is 0.0292. The molecule has 27 heavy (non-hydrogen) atoms. The molecule has 0 amide bonds. The number of aromatic nitrogens is 2. The topological polar surface area (TPSA) is 45.8 Å². The number of rotatable bonds is 4. The molecule has 0 unspecified atom stereocenters. The van der Waals surface area contributed by atoms with Crippen LogP contribution in [0.3, 0.4) is 0 Å². The van der Waals surface area contributed by atoms with Gasteiger partial charge in [-0.2, -0.15) is 5.10 Å². The Kier molecular flexibility index (Phi) is 7.14. The normalized spacial score (nSPS) is 15.4. The van der Waals surface area contributed by atoms with Gasteiger partial charge in [0.2, 0.25) is 0 Å². The second-order valence-corrected chi connectivity index (χ2v) is 6.40. The van der Waals surface area contributed by atoms with Gasteiger partial charge in [-0.05, 0) is 49.3 Å². The number of aryl methyl sites for hydroxylation is 1. The average Bonchev–Trinajstić information content (AvgIpc) is 3.25. The van der Waals surface area contributed by atoms with Gasteiger partial charge in [0.1, 0.15) is 0 Å². The van der Waals surface area contributed by atoms with Gasteiger partial charge < -0.3 is 0 Å². The number of nitrogens with zero attached hydrogens (tertiary/aromatic N) is 1. The smallest absolute Gasteiger partial charge is 0.189 e. The number of nitrogens with one attached hydrogen (secondary N) is 1. The summed E-state index contributed by atoms with van der Waals surface area (Å²) in [6.45, 7) is 11.7. The van der Waals surface area contributed by atoms with Gasteiger partial charge in [-0.1, -0.05) is 56.3 Å². The van der Waals surface area contributed by atoms with Crippen molar-refractivity contribution in [2.75, 3.05) is 0 Å². The molecular weight excluding hydrogens is 356 g/mol. The summed E-state index contributed by atoms with van der Waals surface area (Å²) in [7, 11) is 0. The molecule has 0 atom stereocenters. The van der Waals surface area contributed by atoms with Gasteiger partial charge in [0, 0.05) is 28.2 Å². The zero-order chi connectivity index (χ0) is 20.0. The van der Waals surface area contributed by atoms with E-state index in [1.165, 1.54) is 0 Å². The van der Waals surface area contributed by atoms with Crippen LogP contribution >= 0.6 is 11.6 Å². The highest BCUT2D eigenvalue weighted by Crippen LogP contribution is 2.31. The second-order valence-electron chi connectivity index (χ2n) is 5.99. The molecule has 0 saturated heterocycles. The molecule has 1 aliphatic carbocycles. The first-order valence-corrected chi connectivity index (χ1v) is 9.46. The van der Waals surface area contributed by atoms with E-state index in [-0.39, 0.29) is 5.78 Å². The Hall–Kier alpha value is -2.65. The molecule has 0 bridgehead atoms. The molecule has 4 heteroatoms. The zero-order valence-electron chi connectivity index (χ0n) is 16.3. The van der Waals surface area contributed by atoms with Crippen molar-refractivity contribution in [1.29, 1.82) is 0 Å². The number of carbonyl (C=O) groups is 1. The van der Waals surface area contributed by atoms with Crippen molar-refractivity contribution < 1.29 is 4.79 Å². The number of hydrogen-bond acceptors (Lipinski definition) is 2. The molecule has 1 N–H and O–H groups in total. The molecule has 1 aromatic heterocycles. The predicted octanol–water partition coefficient (Wildman–Crippen LogP) is 6.48. The van der Waals surface area contributed by atoms with Gasteiger partial charge in [-0.3, -0.25) is 9.89 Å². The van der Waals surface area contributed by atoms with Crippen LogP contribution in [0.25, 0.3) is 17.3 Å². The maximum absolute atomic E-state index is 12.5. The minimum Gasteiger partial charge on any atom is -0.289 e. The highest BCUT2D eigenvalue weighted by Gasteiger charge is 2.24. The van der Waals surface area contributed by atoms with Crippen molar-refractivity contribution >= 4 is 23.5 Å². The van der Waals surface area contributed by atoms with E-state index in [1.54, 1.807) is 6.08 Å². The number of halogens is 1. The van der Waals surface area contributed by atoms with E-state index in [0.29, 0.717) is 12.0 Å². The van der Waals surface area contributed by atoms with E-state index in [1.807, 2.05) is 70.2 Å². The Morgan fingerprint density at radius 3 is 2.63 bits per heavy atom. The number of carbonyl (C=O) groups excluding carboxylic acids is 1. The van der Waals surface area contributed by atoms with Gasteiger partial charge in [0.15, 0.2) is 5.78 Å². The van der Waals surface area contributed by atoms with Crippen LogP contribution in [0.2, 0.25) is 5.02 Å². The first-order valence-electron chi connectivity index (χ1n) is 9.09. The number of allylic oxidation sites excluding steroid dienone is 6. The fourth-order valence-electron chi connectivity index (χ4n) is 2.94. The number of aromatic amines is 1. The molecule has 3 rings (SSSR count). The van der Waals surface area contributed by atoms with E-state index in [4.69, 9.17) is 11.6 Å². The Balaban J connectivity index is 0.00000126. The number of benzene rings is 1. The standard InChI is InChI=1S/C21H19ClN2O.C2H6/c1-4-6-14-10-16(21(25)18(14)5-2)11-17-12-20(24-23-17)15-7-8-19(22)13(3)9-15;1-2/h4-9,11-12H,2,10H2,1,3H3,(H,23,24);1-2H3/b6-4-,16-11+;. The average molecular weight is 381 g/mol. The SMILES string of the molecule is C=CC1=C(/C=C\C)C/C(=C\c2cc(-c3ccc(Cl)c(C)c3)n[nH]2)C1=O.CC. The maximum Gasteiger partial charge on any atom is 0.189 e. The van der Waals surface area contributed by atoms with Gasteiger partial charge in [-0.15, -0.1) is 0 Å². The van der Waals surface area contributed by atoms with Crippen molar-refractivity contribution in [1.82, 2.24) is 10.2 Å². The molecule has 0 fully saturated rings. The summed E-state index contributed by atoms with van der Waals surface area (Å²) in [5.41, 5.74) is 6.03. The highest BCUT2D eigenvalue weighted by molar-refractivity contribution is 6.31. The van der Waals surface area contributed by atoms with E-state index in [2.05, 4.69) is 16.8 Å². The van der Waals surface area contributed by atoms with Crippen LogP contribution in [-0.4, -0.2) is 16.0 Å². The maximum atomic E-state index is 12.5. The minimum atomic E-state index is 0.0292. The fraction of sp³-hybridized carbons (Fsp3) is 0.217. The summed E-state index contributed by atoms with van der Waals surface area (Å²) in [5.74, 6) is 0.0292. The largest absolute Gasteiger partial charge is 0.289 e. The van der Waals surface area contributed by atoms with Crippen molar-refractivity contribution in [3.8, 4) is 11.3 Å². The van der Waals surface area contributed by atoms with Crippen molar-refractivity contribution in [3.05, 3.63) is 82.1 Å². The van der Waals surface area contributed by atoms with Crippen LogP contribution in [0.5, 0.6) is 0 Å². The van der Waals surface area contributed by atoms with Crippen LogP contribution in [0.15, 0.2) is 65.8 Å². The van der Waals surface area contributed by atoms with Crippen molar-refractivity contribution in [3.63, 3.8) is 0 Å². The Bertz CT molecular complexity index is 945. The summed E-state index contributed by atoms with van der Waals surface area (Å²) in [6, 6.07) is 7.73. The monoisotopic (exact) mass is 380 g/mol. The molecule has 1 heterocycles. The molecule has 1 aromatic carbocycles. The van der Waals surface area contributed by atoms with Gasteiger partial charge in [0.05, 0.1) is 11.4 Å². The summed E-state index contributed by atoms with van der Waals surface area (Å²) in [6.07, 6.45) is 8.00. The van der Waals surface area contributed by atoms with E-state index >= 15 is 0 Å². The summed E-state index contributed by atoms with van der Waals surface area (Å²) in [5, 5.41) is 8.07. The second kappa shape index (κ2) is 9.33. The third-order valence-electron chi connectivity index (χ3n) is 4.22. The van der Waals surface area contributed by atoms with E-state index < -0.39 is 0 Å². The van der Waals surface area contributed by atoms with Gasteiger partial charge >= 0.3 is 0 Å². The van der Waals surface area contributed by atoms with E-state index in [9.17, 15) is 4.79 Å². The fourth-order valence-corrected chi connectivity index (χ4v) is 3.06. The molecule has 0 saturated carbocycles. The van der Waals surface area contributed by atoms with Crippen molar-refractivity contribution in [2.45, 2.75) is 34.1 Å². The lowest BCUT2D eigenvalue weighted by Gasteiger charge is -2.00. The Morgan fingerprint density at radius 2 is 2.00 bits per heavy atom. The lowest BCUT2D eigenvalue weighted by atomic mass is 10.1. The molecule has 3 nitrogen and oxygen atoms in total. The molecule has 0 aliphatic heterocycles. The molecule has 1 aliphatic rings. The Labute approximate surface area is 166 Å². The number of Topliss-reactive ketones (excluding diaryl/α,β-unsaturated/α-hetero) is 1. The summed E-state index contributed by atoms with van der Waals surface area (Å²) >= 11 is 6.08. The number of H-pyrrole nitrogens is 1. The van der Waals surface area contributed by atoms with Crippen LogP contribution in [-0.2, 0) is 4.79 Å². The number of hydrogen-bond donors (Lipinski definition) is 1. The molecule has 0 radical (unpaired) electrons. The first-order chi connectivity index (χ1) is 13.0. The molecular formula is C23H25ClN2O. The summed E-state index contributed by atoms with van der Waals surface area (Å²) < 4.78 is 0. The summed E-state index contributed by atoms with van der Waals surface area (Å²) in [4.78, 5) is 12.5. The lowest BCUT2D eigenvalue weighted by molar-refractivity contribution is -0.111. The van der Waals surface area contributed by atoms with Crippen LogP contribution in [0.4, 0.5) is 0 Å². The molecule has 140 valence electrons. The third-order valence-corrected chi connectivity index (χ3v) is 4.64. The lowest BCUT2D eigenvalue weighted by Crippen LogP contribution is -1.96. The predicted molar refractivity (Wildman–Crippen MR) is 115 cm³/mol. The Morgan fingerprint density at radius 1 is 1.26 bits per heavy atom. The quantitative estimate of drug-likeness (QED) is 0.617. The first kappa shape index (κ1) is 20.7. The van der Waals surface area contributed by atoms with Crippen LogP contribution < -0.4 is 0 Å². The molecule has 0 spiro atoms. The number of ketones is 1. The van der Waals surface area contributed by atoms with Crippen LogP contribution in [0, 0.1) is 6.92 Å².